The Bertz CT molecular complexity index is 1420. The molecule has 3 N–H and O–H groups in total. The van der Waals surface area contributed by atoms with Gasteiger partial charge in [-0.05, 0) is 83.5 Å². The number of aliphatic hydroxyl groups is 2. The van der Waals surface area contributed by atoms with E-state index in [-0.39, 0.29) is 18.5 Å². The molecule has 6 heteroatoms. The summed E-state index contributed by atoms with van der Waals surface area (Å²) >= 11 is 0. The van der Waals surface area contributed by atoms with Gasteiger partial charge in [0.1, 0.15) is 0 Å². The zero-order valence-electron chi connectivity index (χ0n) is 57.4. The fourth-order valence-electron chi connectivity index (χ4n) is 11.9. The van der Waals surface area contributed by atoms with E-state index in [4.69, 9.17) is 4.74 Å². The molecule has 0 radical (unpaired) electrons. The summed E-state index contributed by atoms with van der Waals surface area (Å²) in [5, 5.41) is 23.3. The second kappa shape index (κ2) is 74.3. The van der Waals surface area contributed by atoms with Crippen molar-refractivity contribution < 1.29 is 24.5 Å². The minimum atomic E-state index is -0.844. The molecular formula is C79H149NO5. The van der Waals surface area contributed by atoms with Gasteiger partial charge < -0.3 is 20.3 Å². The topological polar surface area (TPSA) is 95.9 Å². The smallest absolute Gasteiger partial charge is 0.305 e. The molecule has 0 aromatic heterocycles. The Hall–Kier alpha value is -2.18. The van der Waals surface area contributed by atoms with E-state index in [1.165, 1.54) is 340 Å². The summed E-state index contributed by atoms with van der Waals surface area (Å²) in [6.07, 6.45) is 97.9. The molecule has 0 rings (SSSR count). The fraction of sp³-hybridized carbons (Fsp3) is 0.873. The van der Waals surface area contributed by atoms with Crippen LogP contribution in [0.1, 0.15) is 418 Å². The molecule has 0 fully saturated rings. The Kier molecular flexibility index (Phi) is 72.4. The molecule has 0 saturated heterocycles. The van der Waals surface area contributed by atoms with Gasteiger partial charge in [-0.3, -0.25) is 9.59 Å². The largest absolute Gasteiger partial charge is 0.466 e. The van der Waals surface area contributed by atoms with Crippen LogP contribution in [-0.2, 0) is 14.3 Å². The number of hydrogen-bond donors (Lipinski definition) is 3. The molecule has 500 valence electrons. The first-order valence-corrected chi connectivity index (χ1v) is 38.4. The van der Waals surface area contributed by atoms with E-state index in [9.17, 15) is 19.8 Å². The zero-order valence-corrected chi connectivity index (χ0v) is 57.4. The highest BCUT2D eigenvalue weighted by Crippen LogP contribution is 2.19. The first kappa shape index (κ1) is 82.8. The monoisotopic (exact) mass is 1190 g/mol. The van der Waals surface area contributed by atoms with E-state index in [1.54, 1.807) is 6.08 Å². The van der Waals surface area contributed by atoms with Gasteiger partial charge in [-0.25, -0.2) is 0 Å². The van der Waals surface area contributed by atoms with E-state index < -0.39 is 12.1 Å². The molecule has 0 aromatic carbocycles. The molecule has 85 heavy (non-hydrogen) atoms. The number of amides is 1. The second-order valence-electron chi connectivity index (χ2n) is 26.3. The maximum absolute atomic E-state index is 12.5. The summed E-state index contributed by atoms with van der Waals surface area (Å²) in [5.41, 5.74) is 0. The predicted molar refractivity (Wildman–Crippen MR) is 375 cm³/mol. The molecule has 0 bridgehead atoms. The van der Waals surface area contributed by atoms with Crippen LogP contribution in [0.25, 0.3) is 0 Å². The SMILES string of the molecule is CCCC/C=C\C/C=C\CCCCCCCC(=O)OCCCCCCCCCCCCCC/C=C\CCCCCCCCCCCCCCCCCCC(=O)NC(CO)C(O)/C=C/CCCCCCCCCCCCCCCCCCCCCC. The Morgan fingerprint density at radius 2 is 0.600 bits per heavy atom. The highest BCUT2D eigenvalue weighted by atomic mass is 16.5. The van der Waals surface area contributed by atoms with Gasteiger partial charge in [0.2, 0.25) is 5.91 Å². The van der Waals surface area contributed by atoms with E-state index in [1.807, 2.05) is 6.08 Å². The van der Waals surface area contributed by atoms with Crippen LogP contribution in [0.4, 0.5) is 0 Å². The van der Waals surface area contributed by atoms with Crippen molar-refractivity contribution >= 4 is 11.9 Å². The van der Waals surface area contributed by atoms with Gasteiger partial charge in [-0.1, -0.05) is 371 Å². The zero-order chi connectivity index (χ0) is 61.3. The molecule has 0 aromatic rings. The summed E-state index contributed by atoms with van der Waals surface area (Å²) in [4.78, 5) is 24.6. The third kappa shape index (κ3) is 70.8. The van der Waals surface area contributed by atoms with Crippen LogP contribution in [-0.4, -0.2) is 47.4 Å². The number of ether oxygens (including phenoxy) is 1. The maximum Gasteiger partial charge on any atom is 0.305 e. The van der Waals surface area contributed by atoms with Gasteiger partial charge in [0.25, 0.3) is 0 Å². The van der Waals surface area contributed by atoms with Crippen LogP contribution in [0.15, 0.2) is 48.6 Å². The van der Waals surface area contributed by atoms with Gasteiger partial charge in [-0.15, -0.1) is 0 Å². The van der Waals surface area contributed by atoms with Gasteiger partial charge >= 0.3 is 5.97 Å². The Morgan fingerprint density at radius 3 is 0.941 bits per heavy atom. The highest BCUT2D eigenvalue weighted by Gasteiger charge is 2.18. The van der Waals surface area contributed by atoms with Crippen molar-refractivity contribution in [1.29, 1.82) is 0 Å². The van der Waals surface area contributed by atoms with Gasteiger partial charge in [0.15, 0.2) is 0 Å². The number of carbonyl (C=O) groups excluding carboxylic acids is 2. The molecule has 6 nitrogen and oxygen atoms in total. The summed E-state index contributed by atoms with van der Waals surface area (Å²) in [5.74, 6) is -0.0578. The second-order valence-corrected chi connectivity index (χ2v) is 26.3. The highest BCUT2D eigenvalue weighted by molar-refractivity contribution is 5.76. The van der Waals surface area contributed by atoms with Crippen molar-refractivity contribution in [3.63, 3.8) is 0 Å². The Morgan fingerprint density at radius 1 is 0.329 bits per heavy atom. The molecular weight excluding hydrogens is 1040 g/mol. The molecule has 2 atom stereocenters. The number of rotatable bonds is 72. The standard InChI is InChI=1S/C79H149NO5/c1-3-5-7-9-11-13-15-17-19-20-21-22-35-38-41-44-47-51-55-59-63-67-71-77(82)76(75-81)80-78(83)72-68-64-60-56-52-48-45-42-39-36-33-31-29-27-25-23-24-26-28-30-32-34-37-40-43-46-50-54-58-62-66-70-74-85-79(84)73-69-65-61-57-53-49-18-16-14-12-10-8-6-4-2/h10,12,16,18,26,28,67,71,76-77,81-82H,3-9,11,13-15,17,19-25,27,29-66,68-70,72-75H2,1-2H3,(H,80,83)/b12-10-,18-16-,28-26-,71-67+. The van der Waals surface area contributed by atoms with Gasteiger partial charge in [-0.2, -0.15) is 0 Å². The molecule has 0 heterocycles. The average Bonchev–Trinajstić information content (AvgIpc) is 3.50. The van der Waals surface area contributed by atoms with Crippen LogP contribution < -0.4 is 5.32 Å². The van der Waals surface area contributed by atoms with Crippen molar-refractivity contribution in [2.75, 3.05) is 13.2 Å². The third-order valence-electron chi connectivity index (χ3n) is 17.8. The number of carbonyl (C=O) groups is 2. The minimum Gasteiger partial charge on any atom is -0.466 e. The summed E-state index contributed by atoms with van der Waals surface area (Å²) in [6, 6.07) is -0.628. The summed E-state index contributed by atoms with van der Waals surface area (Å²) < 4.78 is 5.48. The molecule has 1 amide bonds. The predicted octanol–water partition coefficient (Wildman–Crippen LogP) is 25.2. The summed E-state index contributed by atoms with van der Waals surface area (Å²) in [7, 11) is 0. The molecule has 0 aliphatic rings. The first-order chi connectivity index (χ1) is 42.0. The quantitative estimate of drug-likeness (QED) is 0.0320. The first-order valence-electron chi connectivity index (χ1n) is 38.4. The minimum absolute atomic E-state index is 0.00355. The van der Waals surface area contributed by atoms with Crippen molar-refractivity contribution in [1.82, 2.24) is 5.32 Å². The number of aliphatic hydroxyl groups excluding tert-OH is 2. The lowest BCUT2D eigenvalue weighted by Crippen LogP contribution is -2.45. The van der Waals surface area contributed by atoms with Crippen LogP contribution >= 0.6 is 0 Å². The van der Waals surface area contributed by atoms with Crippen LogP contribution in [0, 0.1) is 0 Å². The number of allylic oxidation sites excluding steroid dienone is 7. The van der Waals surface area contributed by atoms with Crippen LogP contribution in [0.3, 0.4) is 0 Å². The van der Waals surface area contributed by atoms with Crippen molar-refractivity contribution in [3.8, 4) is 0 Å². The lowest BCUT2D eigenvalue weighted by molar-refractivity contribution is -0.143. The third-order valence-corrected chi connectivity index (χ3v) is 17.8. The van der Waals surface area contributed by atoms with Crippen LogP contribution in [0.5, 0.6) is 0 Å². The van der Waals surface area contributed by atoms with Crippen molar-refractivity contribution in [2.45, 2.75) is 431 Å². The van der Waals surface area contributed by atoms with E-state index in [0.29, 0.717) is 19.4 Å². The maximum atomic E-state index is 12.5. The Labute approximate surface area is 531 Å². The number of esters is 1. The molecule has 0 aliphatic carbocycles. The molecule has 0 spiro atoms. The van der Waals surface area contributed by atoms with Crippen molar-refractivity contribution in [2.24, 2.45) is 0 Å². The van der Waals surface area contributed by atoms with E-state index >= 15 is 0 Å². The van der Waals surface area contributed by atoms with Gasteiger partial charge in [0, 0.05) is 12.8 Å². The van der Waals surface area contributed by atoms with Gasteiger partial charge in [0.05, 0.1) is 25.4 Å². The fourth-order valence-corrected chi connectivity index (χ4v) is 11.9. The number of hydrogen-bond acceptors (Lipinski definition) is 5. The lowest BCUT2D eigenvalue weighted by Gasteiger charge is -2.20. The average molecular weight is 1190 g/mol. The van der Waals surface area contributed by atoms with Crippen molar-refractivity contribution in [3.05, 3.63) is 48.6 Å². The number of unbranched alkanes of at least 4 members (excludes halogenated alkanes) is 55. The summed E-state index contributed by atoms with van der Waals surface area (Å²) in [6.45, 7) is 4.90. The number of nitrogens with one attached hydrogen (secondary N) is 1. The molecule has 2 unspecified atom stereocenters. The normalized spacial score (nSPS) is 12.8. The van der Waals surface area contributed by atoms with Crippen LogP contribution in [0.2, 0.25) is 0 Å². The van der Waals surface area contributed by atoms with E-state index in [0.717, 1.165) is 51.4 Å². The molecule has 0 saturated carbocycles. The molecule has 0 aliphatic heterocycles. The lowest BCUT2D eigenvalue weighted by atomic mass is 10.0. The van der Waals surface area contributed by atoms with E-state index in [2.05, 4.69) is 55.6 Å². The Balaban J connectivity index is 3.39.